The Morgan fingerprint density at radius 3 is 2.81 bits per heavy atom. The number of nitrogens with one attached hydrogen (secondary N) is 2. The predicted octanol–water partition coefficient (Wildman–Crippen LogP) is 5.51. The molecule has 2 aliphatic rings. The molecule has 2 aliphatic heterocycles. The minimum absolute atomic E-state index is 0.0297. The van der Waals surface area contributed by atoms with Crippen molar-refractivity contribution in [3.63, 3.8) is 0 Å². The monoisotopic (exact) mass is 482 g/mol. The van der Waals surface area contributed by atoms with Crippen molar-refractivity contribution in [2.45, 2.75) is 64.0 Å². The molecule has 2 atom stereocenters. The molecule has 1 fully saturated rings. The van der Waals surface area contributed by atoms with Gasteiger partial charge in [0.15, 0.2) is 0 Å². The van der Waals surface area contributed by atoms with Crippen LogP contribution in [0.25, 0.3) is 22.3 Å². The number of urea groups is 1. The van der Waals surface area contributed by atoms with Crippen LogP contribution in [-0.4, -0.2) is 43.8 Å². The lowest BCUT2D eigenvalue weighted by molar-refractivity contribution is 0.189. The molecule has 0 aliphatic carbocycles. The molecule has 1 aromatic carbocycles. The van der Waals surface area contributed by atoms with Crippen LogP contribution >= 0.6 is 0 Å². The third kappa shape index (κ3) is 3.69. The number of carbonyl (C=O) groups excluding carboxylic acids is 1. The maximum absolute atomic E-state index is 13.5. The zero-order valence-electron chi connectivity index (χ0n) is 21.3. The van der Waals surface area contributed by atoms with Gasteiger partial charge in [0.2, 0.25) is 0 Å². The van der Waals surface area contributed by atoms with Crippen LogP contribution < -0.4 is 5.32 Å². The summed E-state index contributed by atoms with van der Waals surface area (Å²) in [6, 6.07) is 14.8. The molecular formula is C29H34N6O. The Morgan fingerprint density at radius 1 is 1.19 bits per heavy atom. The first-order valence-electron chi connectivity index (χ1n) is 13.1. The summed E-state index contributed by atoms with van der Waals surface area (Å²) in [6.07, 6.45) is 7.78. The van der Waals surface area contributed by atoms with Gasteiger partial charge in [-0.05, 0) is 56.4 Å². The van der Waals surface area contributed by atoms with Gasteiger partial charge in [0.1, 0.15) is 5.65 Å². The molecular weight excluding hydrogens is 448 g/mol. The highest BCUT2D eigenvalue weighted by Crippen LogP contribution is 2.44. The Kier molecular flexibility index (Phi) is 5.39. The first-order chi connectivity index (χ1) is 17.4. The van der Waals surface area contributed by atoms with E-state index in [-0.39, 0.29) is 17.0 Å². The predicted molar refractivity (Wildman–Crippen MR) is 142 cm³/mol. The molecule has 3 aromatic heterocycles. The third-order valence-electron chi connectivity index (χ3n) is 8.34. The van der Waals surface area contributed by atoms with Gasteiger partial charge in [-0.1, -0.05) is 43.7 Å². The van der Waals surface area contributed by atoms with Gasteiger partial charge in [-0.25, -0.2) is 9.78 Å². The van der Waals surface area contributed by atoms with Gasteiger partial charge in [-0.15, -0.1) is 0 Å². The molecule has 7 nitrogen and oxygen atoms in total. The number of benzene rings is 1. The maximum atomic E-state index is 13.5. The highest BCUT2D eigenvalue weighted by Gasteiger charge is 2.47. The summed E-state index contributed by atoms with van der Waals surface area (Å²) in [5, 5.41) is 9.46. The van der Waals surface area contributed by atoms with E-state index >= 15 is 0 Å². The molecule has 2 N–H and O–H groups in total. The van der Waals surface area contributed by atoms with Crippen molar-refractivity contribution in [2.75, 3.05) is 13.1 Å². The van der Waals surface area contributed by atoms with E-state index in [2.05, 4.69) is 65.0 Å². The standard InChI is InChI=1S/C29H34N6O/c1-4-10-28(3,22-8-6-5-7-9-22)32-27(36)34-13-11-29(19-34)12-14-35-25(29)16-24(33-35)21-15-23-20(2)17-30-26(23)31-18-21/h5-9,15-18H,4,10-14,19H2,1-3H3,(H,30,31)(H,32,36). The largest absolute Gasteiger partial charge is 0.346 e. The number of rotatable bonds is 5. The number of amides is 2. The van der Waals surface area contributed by atoms with Crippen LogP contribution in [0.5, 0.6) is 0 Å². The lowest BCUT2D eigenvalue weighted by Gasteiger charge is -2.34. The van der Waals surface area contributed by atoms with Crippen molar-refractivity contribution in [3.8, 4) is 11.3 Å². The van der Waals surface area contributed by atoms with Gasteiger partial charge in [0.25, 0.3) is 0 Å². The maximum Gasteiger partial charge on any atom is 0.318 e. The molecule has 6 rings (SSSR count). The van der Waals surface area contributed by atoms with Crippen LogP contribution in [-0.2, 0) is 17.5 Å². The summed E-state index contributed by atoms with van der Waals surface area (Å²) < 4.78 is 2.15. The molecule has 5 heterocycles. The molecule has 36 heavy (non-hydrogen) atoms. The quantitative estimate of drug-likeness (QED) is 0.394. The van der Waals surface area contributed by atoms with Gasteiger partial charge in [-0.2, -0.15) is 5.10 Å². The highest BCUT2D eigenvalue weighted by molar-refractivity contribution is 5.83. The minimum atomic E-state index is -0.379. The van der Waals surface area contributed by atoms with Gasteiger partial charge in [0, 0.05) is 54.1 Å². The van der Waals surface area contributed by atoms with E-state index in [1.54, 1.807) is 0 Å². The van der Waals surface area contributed by atoms with Crippen molar-refractivity contribution < 1.29 is 4.79 Å². The Bertz CT molecular complexity index is 1420. The number of pyridine rings is 1. The number of hydrogen-bond acceptors (Lipinski definition) is 3. The molecule has 0 radical (unpaired) electrons. The summed E-state index contributed by atoms with van der Waals surface area (Å²) in [6.45, 7) is 8.79. The van der Waals surface area contributed by atoms with Crippen LogP contribution in [0.15, 0.2) is 54.9 Å². The number of H-pyrrole nitrogens is 1. The fourth-order valence-corrected chi connectivity index (χ4v) is 6.24. The lowest BCUT2D eigenvalue weighted by atomic mass is 9.82. The first kappa shape index (κ1) is 22.8. The SMILES string of the molecule is CCCC(C)(NC(=O)N1CCC2(CCn3nc(-c4cnc5[nH]cc(C)c5c4)cc32)C1)c1ccccc1. The zero-order chi connectivity index (χ0) is 24.9. The average molecular weight is 483 g/mol. The molecule has 7 heteroatoms. The summed E-state index contributed by atoms with van der Waals surface area (Å²) in [5.74, 6) is 0. The second-order valence-corrected chi connectivity index (χ2v) is 10.8. The Morgan fingerprint density at radius 2 is 2.00 bits per heavy atom. The van der Waals surface area contributed by atoms with E-state index in [0.717, 1.165) is 73.2 Å². The van der Waals surface area contributed by atoms with E-state index in [1.165, 1.54) is 11.3 Å². The summed E-state index contributed by atoms with van der Waals surface area (Å²) in [5.41, 5.74) is 6.08. The van der Waals surface area contributed by atoms with Crippen LogP contribution in [0.3, 0.4) is 0 Å². The zero-order valence-corrected chi connectivity index (χ0v) is 21.3. The number of likely N-dealkylation sites (tertiary alicyclic amines) is 1. The number of carbonyl (C=O) groups is 1. The first-order valence-corrected chi connectivity index (χ1v) is 13.1. The molecule has 1 saturated heterocycles. The van der Waals surface area contributed by atoms with Crippen molar-refractivity contribution in [3.05, 3.63) is 71.7 Å². The second kappa shape index (κ2) is 8.50. The van der Waals surface area contributed by atoms with Crippen molar-refractivity contribution in [1.82, 2.24) is 30.0 Å². The smallest absolute Gasteiger partial charge is 0.318 e. The Balaban J connectivity index is 1.23. The van der Waals surface area contributed by atoms with Crippen molar-refractivity contribution in [1.29, 1.82) is 0 Å². The molecule has 0 bridgehead atoms. The van der Waals surface area contributed by atoms with Gasteiger partial charge >= 0.3 is 6.03 Å². The molecule has 0 saturated carbocycles. The number of aromatic nitrogens is 4. The Labute approximate surface area is 211 Å². The van der Waals surface area contributed by atoms with Crippen LogP contribution in [0, 0.1) is 6.92 Å². The molecule has 1 spiro atoms. The topological polar surface area (TPSA) is 78.8 Å². The molecule has 2 amide bonds. The van der Waals surface area contributed by atoms with E-state index in [9.17, 15) is 4.79 Å². The Hall–Kier alpha value is -3.61. The van der Waals surface area contributed by atoms with Crippen LogP contribution in [0.4, 0.5) is 4.79 Å². The fraction of sp³-hybridized carbons (Fsp3) is 0.414. The van der Waals surface area contributed by atoms with Crippen molar-refractivity contribution >= 4 is 17.1 Å². The fourth-order valence-electron chi connectivity index (χ4n) is 6.24. The summed E-state index contributed by atoms with van der Waals surface area (Å²) >= 11 is 0. The van der Waals surface area contributed by atoms with Gasteiger partial charge < -0.3 is 15.2 Å². The van der Waals surface area contributed by atoms with Gasteiger partial charge in [-0.3, -0.25) is 4.68 Å². The number of aromatic amines is 1. The number of hydrogen-bond donors (Lipinski definition) is 2. The number of fused-ring (bicyclic) bond motifs is 3. The van der Waals surface area contributed by atoms with Crippen LogP contribution in [0.2, 0.25) is 0 Å². The van der Waals surface area contributed by atoms with Gasteiger partial charge in [0.05, 0.1) is 11.2 Å². The summed E-state index contributed by atoms with van der Waals surface area (Å²) in [7, 11) is 0. The van der Waals surface area contributed by atoms with E-state index < -0.39 is 0 Å². The highest BCUT2D eigenvalue weighted by atomic mass is 16.2. The third-order valence-corrected chi connectivity index (χ3v) is 8.34. The second-order valence-electron chi connectivity index (χ2n) is 10.8. The average Bonchev–Trinajstić information content (AvgIpc) is 3.66. The van der Waals surface area contributed by atoms with E-state index in [4.69, 9.17) is 5.10 Å². The van der Waals surface area contributed by atoms with E-state index in [1.807, 2.05) is 35.5 Å². The van der Waals surface area contributed by atoms with Crippen molar-refractivity contribution in [2.24, 2.45) is 0 Å². The minimum Gasteiger partial charge on any atom is -0.346 e. The number of aryl methyl sites for hydroxylation is 2. The van der Waals surface area contributed by atoms with Crippen LogP contribution in [0.1, 0.15) is 56.4 Å². The lowest BCUT2D eigenvalue weighted by Crippen LogP contribution is -2.49. The number of nitrogens with zero attached hydrogens (tertiary/aromatic N) is 4. The molecule has 186 valence electrons. The normalized spacial score (nSPS) is 20.7. The molecule has 2 unspecified atom stereocenters. The van der Waals surface area contributed by atoms with E-state index in [0.29, 0.717) is 0 Å². The molecule has 4 aromatic rings. The summed E-state index contributed by atoms with van der Waals surface area (Å²) in [4.78, 5) is 23.3.